The molecule has 118 valence electrons. The molecule has 0 bridgehead atoms. The van der Waals surface area contributed by atoms with Crippen LogP contribution in [0.15, 0.2) is 6.07 Å². The van der Waals surface area contributed by atoms with Crippen molar-refractivity contribution in [1.82, 2.24) is 14.7 Å². The number of alkyl halides is 3. The van der Waals surface area contributed by atoms with Crippen LogP contribution < -0.4 is 0 Å². The molecule has 1 aliphatic rings. The van der Waals surface area contributed by atoms with Gasteiger partial charge in [-0.2, -0.15) is 18.3 Å². The number of hydrogen-bond acceptors (Lipinski definition) is 2. The molecule has 2 heterocycles. The zero-order chi connectivity index (χ0) is 15.6. The molecule has 0 radical (unpaired) electrons. The van der Waals surface area contributed by atoms with Gasteiger partial charge < -0.3 is 4.90 Å². The molecule has 1 saturated heterocycles. The van der Waals surface area contributed by atoms with Gasteiger partial charge in [0.05, 0.1) is 0 Å². The average Bonchev–Trinajstić information content (AvgIpc) is 2.64. The number of aryl methyl sites for hydroxylation is 1. The maximum atomic E-state index is 12.7. The van der Waals surface area contributed by atoms with Gasteiger partial charge in [-0.15, -0.1) is 0 Å². The third-order valence-electron chi connectivity index (χ3n) is 3.85. The summed E-state index contributed by atoms with van der Waals surface area (Å²) in [5, 5.41) is 3.56. The van der Waals surface area contributed by atoms with E-state index in [1.165, 1.54) is 11.6 Å². The number of carbonyl (C=O) groups excluding carboxylic acids is 1. The van der Waals surface area contributed by atoms with Crippen molar-refractivity contribution in [3.63, 3.8) is 0 Å². The molecule has 1 fully saturated rings. The number of hydrogen-bond donors (Lipinski definition) is 0. The first-order valence-corrected chi connectivity index (χ1v) is 7.23. The first-order chi connectivity index (χ1) is 9.80. The van der Waals surface area contributed by atoms with Crippen molar-refractivity contribution in [3.05, 3.63) is 17.5 Å². The minimum Gasteiger partial charge on any atom is -0.341 e. The molecule has 21 heavy (non-hydrogen) atoms. The smallest absolute Gasteiger partial charge is 0.341 e. The Bertz CT molecular complexity index is 502. The molecule has 0 aromatic carbocycles. The zero-order valence-corrected chi connectivity index (χ0v) is 12.3. The van der Waals surface area contributed by atoms with Crippen molar-refractivity contribution in [2.75, 3.05) is 13.1 Å². The normalized spacial score (nSPS) is 18.4. The lowest BCUT2D eigenvalue weighted by atomic mass is 10.2. The molecule has 1 aliphatic heterocycles. The van der Waals surface area contributed by atoms with Crippen molar-refractivity contribution in [1.29, 1.82) is 0 Å². The third kappa shape index (κ3) is 3.57. The van der Waals surface area contributed by atoms with Gasteiger partial charge in [0.1, 0.15) is 6.04 Å². The van der Waals surface area contributed by atoms with Crippen molar-refractivity contribution in [3.8, 4) is 0 Å². The van der Waals surface area contributed by atoms with Gasteiger partial charge in [0.25, 0.3) is 0 Å². The number of halogens is 3. The van der Waals surface area contributed by atoms with Crippen LogP contribution in [-0.4, -0.2) is 33.7 Å². The first-order valence-electron chi connectivity index (χ1n) is 7.23. The van der Waals surface area contributed by atoms with Crippen LogP contribution in [0.3, 0.4) is 0 Å². The second-order valence-corrected chi connectivity index (χ2v) is 5.53. The lowest BCUT2D eigenvalue weighted by molar-refractivity contribution is -0.142. The first kappa shape index (κ1) is 15.9. The zero-order valence-electron chi connectivity index (χ0n) is 12.3. The summed E-state index contributed by atoms with van der Waals surface area (Å²) < 4.78 is 39.2. The van der Waals surface area contributed by atoms with Gasteiger partial charge >= 0.3 is 6.18 Å². The van der Waals surface area contributed by atoms with Gasteiger partial charge in [0.15, 0.2) is 5.69 Å². The van der Waals surface area contributed by atoms with Gasteiger partial charge in [-0.05, 0) is 32.8 Å². The van der Waals surface area contributed by atoms with Crippen LogP contribution in [0, 0.1) is 6.92 Å². The van der Waals surface area contributed by atoms with E-state index in [4.69, 9.17) is 0 Å². The highest BCUT2D eigenvalue weighted by atomic mass is 19.4. The summed E-state index contributed by atoms with van der Waals surface area (Å²) in [6, 6.07) is 0.269. The molecular weight excluding hydrogens is 283 g/mol. The van der Waals surface area contributed by atoms with E-state index in [0.29, 0.717) is 18.8 Å². The molecular formula is C14H20F3N3O. The van der Waals surface area contributed by atoms with E-state index in [0.717, 1.165) is 31.7 Å². The van der Waals surface area contributed by atoms with E-state index in [1.54, 1.807) is 11.8 Å². The van der Waals surface area contributed by atoms with Gasteiger partial charge in [0, 0.05) is 18.8 Å². The molecule has 2 rings (SSSR count). The van der Waals surface area contributed by atoms with Crippen LogP contribution in [0.5, 0.6) is 0 Å². The predicted octanol–water partition coefficient (Wildman–Crippen LogP) is 3.17. The molecule has 1 amide bonds. The highest BCUT2D eigenvalue weighted by molar-refractivity contribution is 5.80. The number of nitrogens with zero attached hydrogens (tertiary/aromatic N) is 3. The van der Waals surface area contributed by atoms with Gasteiger partial charge in [0.2, 0.25) is 5.91 Å². The molecule has 1 aromatic heterocycles. The Morgan fingerprint density at radius 1 is 1.24 bits per heavy atom. The summed E-state index contributed by atoms with van der Waals surface area (Å²) in [4.78, 5) is 14.2. The van der Waals surface area contributed by atoms with Crippen molar-refractivity contribution < 1.29 is 18.0 Å². The second kappa shape index (κ2) is 6.07. The summed E-state index contributed by atoms with van der Waals surface area (Å²) in [6.07, 6.45) is -0.398. The Kier molecular flexibility index (Phi) is 4.58. The Balaban J connectivity index is 2.17. The molecule has 4 nitrogen and oxygen atoms in total. The molecule has 0 unspecified atom stereocenters. The fourth-order valence-electron chi connectivity index (χ4n) is 2.68. The van der Waals surface area contributed by atoms with Crippen molar-refractivity contribution in [2.45, 2.75) is 51.7 Å². The minimum atomic E-state index is -4.48. The Morgan fingerprint density at radius 2 is 1.81 bits per heavy atom. The lowest BCUT2D eigenvalue weighted by Crippen LogP contribution is -2.37. The standard InChI is InChI=1S/C14H20F3N3O/c1-10-9-12(14(15,16)17)18-20(10)11(2)13(21)19-7-5-3-4-6-8-19/h9,11H,3-8H2,1-2H3/t11-/m0/s1. The monoisotopic (exact) mass is 303 g/mol. The Labute approximate surface area is 121 Å². The fourth-order valence-corrected chi connectivity index (χ4v) is 2.68. The molecule has 0 spiro atoms. The fraction of sp³-hybridized carbons (Fsp3) is 0.714. The molecule has 1 aromatic rings. The van der Waals surface area contributed by atoms with Crippen LogP contribution >= 0.6 is 0 Å². The van der Waals surface area contributed by atoms with Crippen LogP contribution in [0.1, 0.15) is 50.0 Å². The quantitative estimate of drug-likeness (QED) is 0.841. The summed E-state index contributed by atoms with van der Waals surface area (Å²) in [6.45, 7) is 4.49. The van der Waals surface area contributed by atoms with Crippen molar-refractivity contribution >= 4 is 5.91 Å². The minimum absolute atomic E-state index is 0.156. The van der Waals surface area contributed by atoms with E-state index in [-0.39, 0.29) is 5.91 Å². The highest BCUT2D eigenvalue weighted by Crippen LogP contribution is 2.29. The number of likely N-dealkylation sites (tertiary alicyclic amines) is 1. The predicted molar refractivity (Wildman–Crippen MR) is 71.7 cm³/mol. The maximum Gasteiger partial charge on any atom is 0.435 e. The third-order valence-corrected chi connectivity index (χ3v) is 3.85. The lowest BCUT2D eigenvalue weighted by Gasteiger charge is -2.24. The van der Waals surface area contributed by atoms with E-state index in [1.807, 2.05) is 0 Å². The van der Waals surface area contributed by atoms with E-state index in [9.17, 15) is 18.0 Å². The van der Waals surface area contributed by atoms with Gasteiger partial charge in [-0.3, -0.25) is 9.48 Å². The van der Waals surface area contributed by atoms with Crippen LogP contribution in [-0.2, 0) is 11.0 Å². The maximum absolute atomic E-state index is 12.7. The Hall–Kier alpha value is -1.53. The SMILES string of the molecule is Cc1cc(C(F)(F)F)nn1[C@@H](C)C(=O)N1CCCCCC1. The molecule has 0 N–H and O–H groups in total. The average molecular weight is 303 g/mol. The number of carbonyl (C=O) groups is 1. The van der Waals surface area contributed by atoms with E-state index >= 15 is 0 Å². The van der Waals surface area contributed by atoms with Crippen LogP contribution in [0.4, 0.5) is 13.2 Å². The molecule has 0 saturated carbocycles. The second-order valence-electron chi connectivity index (χ2n) is 5.53. The topological polar surface area (TPSA) is 38.1 Å². The van der Waals surface area contributed by atoms with Crippen molar-refractivity contribution in [2.24, 2.45) is 0 Å². The van der Waals surface area contributed by atoms with E-state index in [2.05, 4.69) is 5.10 Å². The van der Waals surface area contributed by atoms with Crippen LogP contribution in [0.25, 0.3) is 0 Å². The number of rotatable bonds is 2. The molecule has 1 atom stereocenters. The summed E-state index contributed by atoms with van der Waals surface area (Å²) in [5.41, 5.74) is -0.603. The summed E-state index contributed by atoms with van der Waals surface area (Å²) in [7, 11) is 0. The van der Waals surface area contributed by atoms with E-state index < -0.39 is 17.9 Å². The largest absolute Gasteiger partial charge is 0.435 e. The van der Waals surface area contributed by atoms with Gasteiger partial charge in [-0.1, -0.05) is 12.8 Å². The number of amides is 1. The highest BCUT2D eigenvalue weighted by Gasteiger charge is 2.35. The summed E-state index contributed by atoms with van der Waals surface area (Å²) >= 11 is 0. The number of aromatic nitrogens is 2. The molecule has 0 aliphatic carbocycles. The Morgan fingerprint density at radius 3 is 2.29 bits per heavy atom. The van der Waals surface area contributed by atoms with Gasteiger partial charge in [-0.25, -0.2) is 0 Å². The molecule has 7 heteroatoms. The van der Waals surface area contributed by atoms with Crippen LogP contribution in [0.2, 0.25) is 0 Å². The summed E-state index contributed by atoms with van der Waals surface area (Å²) in [5.74, 6) is -0.156.